The molecule has 0 fully saturated rings. The number of carbonyl (C=O) groups excluding carboxylic acids is 2. The normalized spacial score (nSPS) is 10.7. The largest absolute Gasteiger partial charge is 0.347 e. The second kappa shape index (κ2) is 9.92. The minimum Gasteiger partial charge on any atom is -0.347 e. The van der Waals surface area contributed by atoms with Crippen molar-refractivity contribution in [1.82, 2.24) is 20.4 Å². The number of hydrogen-bond donors (Lipinski definition) is 2. The van der Waals surface area contributed by atoms with Crippen LogP contribution in [0.2, 0.25) is 0 Å². The fourth-order valence-electron chi connectivity index (χ4n) is 2.79. The molecule has 0 saturated heterocycles. The van der Waals surface area contributed by atoms with Crippen LogP contribution in [0.5, 0.6) is 0 Å². The topological polar surface area (TPSA) is 110 Å². The van der Waals surface area contributed by atoms with Gasteiger partial charge in [-0.15, -0.1) is 11.3 Å². The molecule has 2 aromatic heterocycles. The lowest BCUT2D eigenvalue weighted by molar-refractivity contribution is -0.121. The molecular formula is C22H18FN5O3S. The number of nitrogens with one attached hydrogen (secondary N) is 2. The minimum absolute atomic E-state index is 0.134. The Morgan fingerprint density at radius 3 is 2.59 bits per heavy atom. The Labute approximate surface area is 186 Å². The van der Waals surface area contributed by atoms with Crippen LogP contribution in [0.1, 0.15) is 28.4 Å². The van der Waals surface area contributed by atoms with Gasteiger partial charge in [-0.25, -0.2) is 9.37 Å². The van der Waals surface area contributed by atoms with Gasteiger partial charge >= 0.3 is 0 Å². The highest BCUT2D eigenvalue weighted by atomic mass is 32.1. The number of rotatable bonds is 8. The number of nitrogens with zero attached hydrogens (tertiary/aromatic N) is 3. The van der Waals surface area contributed by atoms with Gasteiger partial charge in [-0.05, 0) is 30.7 Å². The van der Waals surface area contributed by atoms with E-state index in [9.17, 15) is 14.0 Å². The van der Waals surface area contributed by atoms with Crippen LogP contribution >= 0.6 is 11.3 Å². The maximum absolute atomic E-state index is 13.0. The summed E-state index contributed by atoms with van der Waals surface area (Å²) in [7, 11) is 0. The van der Waals surface area contributed by atoms with E-state index in [2.05, 4.69) is 25.8 Å². The molecule has 10 heteroatoms. The number of benzene rings is 2. The van der Waals surface area contributed by atoms with Crippen LogP contribution in [0, 0.1) is 5.82 Å². The van der Waals surface area contributed by atoms with E-state index < -0.39 is 5.82 Å². The fraction of sp³-hybridized carbons (Fsp3) is 0.136. The lowest BCUT2D eigenvalue weighted by atomic mass is 10.2. The standard InChI is InChI=1S/C22H18FN5O3S/c23-16-8-6-15(7-9-16)21(30)27-22-25-17(13-32-22)10-11-18(29)24-12-19-26-20(28-31-19)14-4-2-1-3-5-14/h1-9,13H,10-12H2,(H,24,29)(H,25,27,30). The molecule has 0 bridgehead atoms. The highest BCUT2D eigenvalue weighted by molar-refractivity contribution is 7.14. The number of carbonyl (C=O) groups is 2. The molecule has 0 aliphatic rings. The molecule has 32 heavy (non-hydrogen) atoms. The number of thiazole rings is 1. The summed E-state index contributed by atoms with van der Waals surface area (Å²) in [5, 5.41) is 11.5. The van der Waals surface area contributed by atoms with Crippen molar-refractivity contribution >= 4 is 28.3 Å². The van der Waals surface area contributed by atoms with E-state index in [4.69, 9.17) is 4.52 Å². The van der Waals surface area contributed by atoms with E-state index in [1.54, 1.807) is 5.38 Å². The minimum atomic E-state index is -0.410. The molecule has 4 aromatic rings. The van der Waals surface area contributed by atoms with Gasteiger partial charge in [0.05, 0.1) is 12.2 Å². The summed E-state index contributed by atoms with van der Waals surface area (Å²) in [4.78, 5) is 32.9. The Morgan fingerprint density at radius 1 is 1.03 bits per heavy atom. The molecule has 2 heterocycles. The van der Waals surface area contributed by atoms with Gasteiger partial charge in [0.15, 0.2) is 5.13 Å². The number of amides is 2. The van der Waals surface area contributed by atoms with Gasteiger partial charge in [-0.3, -0.25) is 14.9 Å². The van der Waals surface area contributed by atoms with Crippen molar-refractivity contribution in [3.63, 3.8) is 0 Å². The summed E-state index contributed by atoms with van der Waals surface area (Å²) in [5.74, 6) is -0.191. The molecule has 162 valence electrons. The van der Waals surface area contributed by atoms with Gasteiger partial charge in [0.2, 0.25) is 17.6 Å². The summed E-state index contributed by atoms with van der Waals surface area (Å²) >= 11 is 1.26. The van der Waals surface area contributed by atoms with Crippen molar-refractivity contribution in [1.29, 1.82) is 0 Å². The molecule has 0 radical (unpaired) electrons. The Hall–Kier alpha value is -3.92. The van der Waals surface area contributed by atoms with Crippen molar-refractivity contribution in [3.8, 4) is 11.4 Å². The summed E-state index contributed by atoms with van der Waals surface area (Å²) < 4.78 is 18.1. The predicted molar refractivity (Wildman–Crippen MR) is 116 cm³/mol. The first-order valence-electron chi connectivity index (χ1n) is 9.73. The monoisotopic (exact) mass is 451 g/mol. The van der Waals surface area contributed by atoms with Crippen LogP contribution in [-0.4, -0.2) is 26.9 Å². The van der Waals surface area contributed by atoms with Crippen molar-refractivity contribution in [2.75, 3.05) is 5.32 Å². The van der Waals surface area contributed by atoms with Crippen LogP contribution in [0.15, 0.2) is 64.5 Å². The molecule has 0 spiro atoms. The molecule has 8 nitrogen and oxygen atoms in total. The lowest BCUT2D eigenvalue weighted by Gasteiger charge is -2.02. The maximum atomic E-state index is 13.0. The zero-order valence-electron chi connectivity index (χ0n) is 16.7. The molecule has 2 N–H and O–H groups in total. The fourth-order valence-corrected chi connectivity index (χ4v) is 3.52. The van der Waals surface area contributed by atoms with Gasteiger partial charge in [0.1, 0.15) is 5.82 Å². The first-order valence-corrected chi connectivity index (χ1v) is 10.6. The van der Waals surface area contributed by atoms with E-state index in [1.807, 2.05) is 30.3 Å². The van der Waals surface area contributed by atoms with E-state index in [1.165, 1.54) is 35.6 Å². The third kappa shape index (κ3) is 5.61. The predicted octanol–water partition coefficient (Wildman–Crippen LogP) is 3.83. The second-order valence-electron chi connectivity index (χ2n) is 6.76. The van der Waals surface area contributed by atoms with Gasteiger partial charge in [0, 0.05) is 22.9 Å². The quantitative estimate of drug-likeness (QED) is 0.421. The van der Waals surface area contributed by atoms with Crippen LogP contribution < -0.4 is 10.6 Å². The molecule has 0 aliphatic carbocycles. The molecule has 0 unspecified atom stereocenters. The third-order valence-corrected chi connectivity index (χ3v) is 5.23. The molecule has 0 atom stereocenters. The SMILES string of the molecule is O=C(CCc1csc(NC(=O)c2ccc(F)cc2)n1)NCc1nc(-c2ccccc2)no1. The van der Waals surface area contributed by atoms with Gasteiger partial charge in [0.25, 0.3) is 5.91 Å². The second-order valence-corrected chi connectivity index (χ2v) is 7.62. The lowest BCUT2D eigenvalue weighted by Crippen LogP contribution is -2.23. The van der Waals surface area contributed by atoms with Crippen LogP contribution in [0.25, 0.3) is 11.4 Å². The summed E-state index contributed by atoms with van der Waals surface area (Å²) in [6.45, 7) is 0.134. The van der Waals surface area contributed by atoms with Crippen molar-refractivity contribution < 1.29 is 18.5 Å². The molecule has 4 rings (SSSR count). The summed E-state index contributed by atoms with van der Waals surface area (Å²) in [5.41, 5.74) is 1.85. The number of aryl methyl sites for hydroxylation is 1. The summed E-state index contributed by atoms with van der Waals surface area (Å²) in [6.07, 6.45) is 0.628. The molecule has 2 aromatic carbocycles. The highest BCUT2D eigenvalue weighted by Crippen LogP contribution is 2.18. The van der Waals surface area contributed by atoms with Gasteiger partial charge in [-0.1, -0.05) is 35.5 Å². The van der Waals surface area contributed by atoms with Gasteiger partial charge < -0.3 is 9.84 Å². The summed E-state index contributed by atoms with van der Waals surface area (Å²) in [6, 6.07) is 14.6. The highest BCUT2D eigenvalue weighted by Gasteiger charge is 2.12. The number of halogens is 1. The Kier molecular flexibility index (Phi) is 6.61. The van der Waals surface area contributed by atoms with Crippen LogP contribution in [0.4, 0.5) is 9.52 Å². The van der Waals surface area contributed by atoms with Gasteiger partial charge in [-0.2, -0.15) is 4.98 Å². The Balaban J connectivity index is 1.22. The van der Waals surface area contributed by atoms with E-state index in [0.717, 1.165) is 5.56 Å². The number of anilines is 1. The zero-order valence-corrected chi connectivity index (χ0v) is 17.6. The van der Waals surface area contributed by atoms with E-state index >= 15 is 0 Å². The average Bonchev–Trinajstić information content (AvgIpc) is 3.47. The van der Waals surface area contributed by atoms with Crippen LogP contribution in [0.3, 0.4) is 0 Å². The van der Waals surface area contributed by atoms with Crippen LogP contribution in [-0.2, 0) is 17.8 Å². The first-order chi connectivity index (χ1) is 15.6. The smallest absolute Gasteiger partial charge is 0.257 e. The third-order valence-electron chi connectivity index (χ3n) is 4.42. The molecular weight excluding hydrogens is 433 g/mol. The van der Waals surface area contributed by atoms with Crippen molar-refractivity contribution in [3.05, 3.63) is 82.9 Å². The Morgan fingerprint density at radius 2 is 1.81 bits per heavy atom. The Bertz CT molecular complexity index is 1210. The average molecular weight is 451 g/mol. The van der Waals surface area contributed by atoms with E-state index in [-0.39, 0.29) is 24.8 Å². The molecule has 0 aliphatic heterocycles. The number of aromatic nitrogens is 3. The van der Waals surface area contributed by atoms with E-state index in [0.29, 0.717) is 34.5 Å². The zero-order chi connectivity index (χ0) is 22.3. The maximum Gasteiger partial charge on any atom is 0.257 e. The molecule has 2 amide bonds. The van der Waals surface area contributed by atoms with Crippen molar-refractivity contribution in [2.45, 2.75) is 19.4 Å². The first kappa shape index (κ1) is 21.3. The molecule has 0 saturated carbocycles. The number of hydrogen-bond acceptors (Lipinski definition) is 7. The van der Waals surface area contributed by atoms with Crippen molar-refractivity contribution in [2.24, 2.45) is 0 Å².